The van der Waals surface area contributed by atoms with Crippen molar-refractivity contribution in [3.8, 4) is 11.4 Å². The molecule has 16 heavy (non-hydrogen) atoms. The average Bonchev–Trinajstić information content (AvgIpc) is 2.27. The Kier molecular flexibility index (Phi) is 3.10. The van der Waals surface area contributed by atoms with E-state index in [4.69, 9.17) is 0 Å². The van der Waals surface area contributed by atoms with Crippen LogP contribution >= 0.6 is 11.8 Å². The van der Waals surface area contributed by atoms with Crippen LogP contribution < -0.4 is 5.56 Å². The minimum atomic E-state index is -0.113. The van der Waals surface area contributed by atoms with Gasteiger partial charge in [0.05, 0.1) is 0 Å². The number of rotatable bonds is 2. The molecule has 0 aliphatic carbocycles. The third kappa shape index (κ3) is 2.17. The summed E-state index contributed by atoms with van der Waals surface area (Å²) in [5, 5.41) is 0. The fourth-order valence-corrected chi connectivity index (χ4v) is 2.15. The number of aryl methyl sites for hydroxylation is 1. The summed E-state index contributed by atoms with van der Waals surface area (Å²) in [5.41, 5.74) is 1.59. The zero-order chi connectivity index (χ0) is 11.5. The van der Waals surface area contributed by atoms with E-state index in [0.29, 0.717) is 5.82 Å². The summed E-state index contributed by atoms with van der Waals surface area (Å²) in [6.07, 6.45) is 2.01. The summed E-state index contributed by atoms with van der Waals surface area (Å²) in [7, 11) is 0. The Balaban J connectivity index is 2.62. The van der Waals surface area contributed by atoms with Crippen LogP contribution in [-0.4, -0.2) is 16.2 Å². The molecule has 1 N–H and O–H groups in total. The van der Waals surface area contributed by atoms with Crippen molar-refractivity contribution in [2.45, 2.75) is 11.8 Å². The first-order chi connectivity index (χ1) is 7.70. The Morgan fingerprint density at radius 2 is 2.06 bits per heavy atom. The van der Waals surface area contributed by atoms with Crippen molar-refractivity contribution in [2.24, 2.45) is 0 Å². The first-order valence-electron chi connectivity index (χ1n) is 4.92. The van der Waals surface area contributed by atoms with Gasteiger partial charge in [0, 0.05) is 22.2 Å². The second kappa shape index (κ2) is 4.53. The Labute approximate surface area is 97.9 Å². The summed E-state index contributed by atoms with van der Waals surface area (Å²) in [4.78, 5) is 19.6. The lowest BCUT2D eigenvalue weighted by Gasteiger charge is -2.06. The second-order valence-corrected chi connectivity index (χ2v) is 4.28. The highest BCUT2D eigenvalue weighted by molar-refractivity contribution is 7.98. The number of nitrogens with one attached hydrogen (secondary N) is 1. The number of aromatic amines is 1. The van der Waals surface area contributed by atoms with Gasteiger partial charge in [0.25, 0.3) is 5.56 Å². The number of H-pyrrole nitrogens is 1. The molecule has 0 aliphatic heterocycles. The number of aromatic nitrogens is 2. The lowest BCUT2D eigenvalue weighted by molar-refractivity contribution is 1.07. The van der Waals surface area contributed by atoms with E-state index in [2.05, 4.69) is 9.97 Å². The van der Waals surface area contributed by atoms with E-state index in [1.54, 1.807) is 11.8 Å². The van der Waals surface area contributed by atoms with Crippen LogP contribution in [0.4, 0.5) is 0 Å². The summed E-state index contributed by atoms with van der Waals surface area (Å²) in [6, 6.07) is 9.39. The molecule has 0 spiro atoms. The van der Waals surface area contributed by atoms with Crippen LogP contribution in [0.5, 0.6) is 0 Å². The van der Waals surface area contributed by atoms with Crippen LogP contribution in [0.25, 0.3) is 11.4 Å². The molecule has 0 unspecified atom stereocenters. The fourth-order valence-electron chi connectivity index (χ4n) is 1.55. The maximum Gasteiger partial charge on any atom is 0.251 e. The highest BCUT2D eigenvalue weighted by Crippen LogP contribution is 2.26. The zero-order valence-corrected chi connectivity index (χ0v) is 9.97. The van der Waals surface area contributed by atoms with Gasteiger partial charge in [0.1, 0.15) is 5.82 Å². The van der Waals surface area contributed by atoms with Crippen LogP contribution in [0.3, 0.4) is 0 Å². The van der Waals surface area contributed by atoms with E-state index in [0.717, 1.165) is 16.2 Å². The van der Waals surface area contributed by atoms with Crippen LogP contribution in [0.2, 0.25) is 0 Å². The largest absolute Gasteiger partial charge is 0.306 e. The zero-order valence-electron chi connectivity index (χ0n) is 9.15. The van der Waals surface area contributed by atoms with Crippen LogP contribution in [0, 0.1) is 6.92 Å². The molecule has 2 rings (SSSR count). The third-order valence-corrected chi connectivity index (χ3v) is 3.03. The van der Waals surface area contributed by atoms with E-state index < -0.39 is 0 Å². The molecule has 2 aromatic rings. The molecule has 3 nitrogen and oxygen atoms in total. The molecule has 0 bridgehead atoms. The first-order valence-corrected chi connectivity index (χ1v) is 6.14. The number of hydrogen-bond acceptors (Lipinski definition) is 3. The van der Waals surface area contributed by atoms with Gasteiger partial charge in [-0.1, -0.05) is 18.2 Å². The molecule has 1 heterocycles. The topological polar surface area (TPSA) is 45.8 Å². The Hall–Kier alpha value is -1.55. The quantitative estimate of drug-likeness (QED) is 0.809. The molecular weight excluding hydrogens is 220 g/mol. The highest BCUT2D eigenvalue weighted by Gasteiger charge is 2.06. The average molecular weight is 232 g/mol. The third-order valence-electron chi connectivity index (χ3n) is 2.23. The minimum absolute atomic E-state index is 0.113. The highest BCUT2D eigenvalue weighted by atomic mass is 32.2. The minimum Gasteiger partial charge on any atom is -0.306 e. The van der Waals surface area contributed by atoms with Crippen molar-refractivity contribution in [1.29, 1.82) is 0 Å². The van der Waals surface area contributed by atoms with E-state index >= 15 is 0 Å². The summed E-state index contributed by atoms with van der Waals surface area (Å²) in [5.74, 6) is 0.634. The molecule has 1 aromatic heterocycles. The molecule has 0 saturated carbocycles. The lowest BCUT2D eigenvalue weighted by atomic mass is 10.2. The molecule has 0 aliphatic rings. The van der Waals surface area contributed by atoms with Crippen molar-refractivity contribution in [1.82, 2.24) is 9.97 Å². The van der Waals surface area contributed by atoms with Gasteiger partial charge in [-0.3, -0.25) is 4.79 Å². The molecular formula is C12H12N2OS. The maximum absolute atomic E-state index is 11.4. The number of benzene rings is 1. The molecule has 0 fully saturated rings. The predicted octanol–water partition coefficient (Wildman–Crippen LogP) is 2.47. The predicted molar refractivity (Wildman–Crippen MR) is 66.8 cm³/mol. The second-order valence-electron chi connectivity index (χ2n) is 3.44. The van der Waals surface area contributed by atoms with Gasteiger partial charge in [0.2, 0.25) is 0 Å². The molecule has 0 saturated heterocycles. The standard InChI is InChI=1S/C12H12N2OS/c1-8-7-11(15)14-12(13-8)9-5-3-4-6-10(9)16-2/h3-7H,1-2H3,(H,13,14,15). The van der Waals surface area contributed by atoms with Gasteiger partial charge >= 0.3 is 0 Å². The summed E-state index contributed by atoms with van der Waals surface area (Å²) in [6.45, 7) is 1.82. The van der Waals surface area contributed by atoms with Crippen LogP contribution in [0.15, 0.2) is 40.0 Å². The van der Waals surface area contributed by atoms with E-state index in [-0.39, 0.29) is 5.56 Å². The van der Waals surface area contributed by atoms with Gasteiger partial charge in [-0.25, -0.2) is 4.98 Å². The van der Waals surface area contributed by atoms with E-state index in [1.165, 1.54) is 6.07 Å². The summed E-state index contributed by atoms with van der Waals surface area (Å²) >= 11 is 1.64. The molecule has 0 radical (unpaired) electrons. The van der Waals surface area contributed by atoms with Gasteiger partial charge < -0.3 is 4.98 Å². The van der Waals surface area contributed by atoms with Gasteiger partial charge in [-0.05, 0) is 19.2 Å². The van der Waals surface area contributed by atoms with Crippen molar-refractivity contribution in [3.63, 3.8) is 0 Å². The van der Waals surface area contributed by atoms with Gasteiger partial charge in [0.15, 0.2) is 0 Å². The molecule has 0 atom stereocenters. The molecule has 0 amide bonds. The molecule has 4 heteroatoms. The molecule has 1 aromatic carbocycles. The van der Waals surface area contributed by atoms with Gasteiger partial charge in [-0.2, -0.15) is 0 Å². The van der Waals surface area contributed by atoms with Crippen molar-refractivity contribution < 1.29 is 0 Å². The van der Waals surface area contributed by atoms with E-state index in [9.17, 15) is 4.79 Å². The maximum atomic E-state index is 11.4. The summed E-state index contributed by atoms with van der Waals surface area (Å²) < 4.78 is 0. The number of nitrogens with zero attached hydrogens (tertiary/aromatic N) is 1. The fraction of sp³-hybridized carbons (Fsp3) is 0.167. The normalized spacial score (nSPS) is 10.4. The van der Waals surface area contributed by atoms with Gasteiger partial charge in [-0.15, -0.1) is 11.8 Å². The number of thioether (sulfide) groups is 1. The Bertz CT molecular complexity index is 563. The Morgan fingerprint density at radius 1 is 1.31 bits per heavy atom. The molecule has 82 valence electrons. The van der Waals surface area contributed by atoms with Crippen LogP contribution in [0.1, 0.15) is 5.69 Å². The van der Waals surface area contributed by atoms with E-state index in [1.807, 2.05) is 37.4 Å². The van der Waals surface area contributed by atoms with Crippen LogP contribution in [-0.2, 0) is 0 Å². The Morgan fingerprint density at radius 3 is 2.75 bits per heavy atom. The first kappa shape index (κ1) is 11.0. The smallest absolute Gasteiger partial charge is 0.251 e. The number of hydrogen-bond donors (Lipinski definition) is 1. The lowest BCUT2D eigenvalue weighted by Crippen LogP contribution is -2.08. The van der Waals surface area contributed by atoms with Crippen molar-refractivity contribution in [3.05, 3.63) is 46.4 Å². The monoisotopic (exact) mass is 232 g/mol. The van der Waals surface area contributed by atoms with Crippen molar-refractivity contribution >= 4 is 11.8 Å². The SMILES string of the molecule is CSc1ccccc1-c1nc(C)cc(=O)[nH]1. The van der Waals surface area contributed by atoms with Crippen molar-refractivity contribution in [2.75, 3.05) is 6.26 Å².